The molecule has 1 amide bonds. The van der Waals surface area contributed by atoms with Gasteiger partial charge in [-0.1, -0.05) is 31.2 Å². The summed E-state index contributed by atoms with van der Waals surface area (Å²) >= 11 is 0. The summed E-state index contributed by atoms with van der Waals surface area (Å²) in [6, 6.07) is 7.75. The number of ether oxygens (including phenoxy) is 1. The van der Waals surface area contributed by atoms with Crippen LogP contribution in [0.15, 0.2) is 24.3 Å². The molecule has 1 aromatic carbocycles. The van der Waals surface area contributed by atoms with Gasteiger partial charge in [-0.3, -0.25) is 4.79 Å². The minimum Gasteiger partial charge on any atom is -0.444 e. The Hall–Kier alpha value is -1.84. The number of piperidine rings is 1. The number of rotatable bonds is 2. The molecule has 0 aliphatic carbocycles. The Labute approximate surface area is 132 Å². The second kappa shape index (κ2) is 6.11. The molecule has 1 fully saturated rings. The van der Waals surface area contributed by atoms with Crippen LogP contribution in [0.5, 0.6) is 0 Å². The van der Waals surface area contributed by atoms with E-state index in [0.29, 0.717) is 18.7 Å². The highest BCUT2D eigenvalue weighted by Crippen LogP contribution is 2.35. The first kappa shape index (κ1) is 16.5. The molecule has 0 N–H and O–H groups in total. The standard InChI is InChI=1S/C18H25NO3/c1-17(2,3)22-16(21)19-11-9-18(4,10-12-19)15-7-5-14(13-20)6-8-15/h5-8,13H,9-12H2,1-4H3. The molecule has 0 saturated carbocycles. The van der Waals surface area contributed by atoms with Crippen molar-refractivity contribution >= 4 is 12.4 Å². The second-order valence-corrected chi connectivity index (χ2v) is 7.27. The predicted octanol–water partition coefficient (Wildman–Crippen LogP) is 3.79. The van der Waals surface area contributed by atoms with Crippen LogP contribution >= 0.6 is 0 Å². The number of benzene rings is 1. The van der Waals surface area contributed by atoms with Crippen molar-refractivity contribution in [2.45, 2.75) is 51.6 Å². The summed E-state index contributed by atoms with van der Waals surface area (Å²) in [7, 11) is 0. The molecule has 22 heavy (non-hydrogen) atoms. The van der Waals surface area contributed by atoms with Crippen molar-refractivity contribution in [3.05, 3.63) is 35.4 Å². The first-order valence-electron chi connectivity index (χ1n) is 7.77. The van der Waals surface area contributed by atoms with Gasteiger partial charge in [0.05, 0.1) is 0 Å². The first-order chi connectivity index (χ1) is 10.2. The summed E-state index contributed by atoms with van der Waals surface area (Å²) in [6.07, 6.45) is 2.42. The van der Waals surface area contributed by atoms with Crippen LogP contribution in [0.25, 0.3) is 0 Å². The average Bonchev–Trinajstić information content (AvgIpc) is 2.46. The van der Waals surface area contributed by atoms with Crippen molar-refractivity contribution in [1.82, 2.24) is 4.90 Å². The summed E-state index contributed by atoms with van der Waals surface area (Å²) in [6.45, 7) is 9.26. The zero-order chi connectivity index (χ0) is 16.4. The fourth-order valence-corrected chi connectivity index (χ4v) is 2.76. The highest BCUT2D eigenvalue weighted by atomic mass is 16.6. The summed E-state index contributed by atoms with van der Waals surface area (Å²) in [5.74, 6) is 0. The summed E-state index contributed by atoms with van der Waals surface area (Å²) in [5, 5.41) is 0. The third-order valence-electron chi connectivity index (χ3n) is 4.26. The van der Waals surface area contributed by atoms with Crippen LogP contribution in [-0.2, 0) is 10.2 Å². The van der Waals surface area contributed by atoms with E-state index < -0.39 is 5.60 Å². The Bertz CT molecular complexity index is 534. The Morgan fingerprint density at radius 1 is 1.18 bits per heavy atom. The van der Waals surface area contributed by atoms with Gasteiger partial charge in [-0.25, -0.2) is 4.79 Å². The van der Waals surface area contributed by atoms with Gasteiger partial charge in [0.15, 0.2) is 0 Å². The molecule has 2 rings (SSSR count). The molecule has 0 atom stereocenters. The molecular weight excluding hydrogens is 278 g/mol. The molecule has 1 saturated heterocycles. The number of aldehydes is 1. The summed E-state index contributed by atoms with van der Waals surface area (Å²) in [4.78, 5) is 24.6. The molecular formula is C18H25NO3. The van der Waals surface area contributed by atoms with Crippen molar-refractivity contribution in [2.24, 2.45) is 0 Å². The quantitative estimate of drug-likeness (QED) is 0.781. The number of nitrogens with zero attached hydrogens (tertiary/aromatic N) is 1. The van der Waals surface area contributed by atoms with Crippen molar-refractivity contribution in [1.29, 1.82) is 0 Å². The Morgan fingerprint density at radius 2 is 1.73 bits per heavy atom. The van der Waals surface area contributed by atoms with Gasteiger partial charge in [0.1, 0.15) is 11.9 Å². The molecule has 120 valence electrons. The number of hydrogen-bond acceptors (Lipinski definition) is 3. The molecule has 0 bridgehead atoms. The van der Waals surface area contributed by atoms with Crippen LogP contribution < -0.4 is 0 Å². The fraction of sp³-hybridized carbons (Fsp3) is 0.556. The predicted molar refractivity (Wildman–Crippen MR) is 86.2 cm³/mol. The van der Waals surface area contributed by atoms with Gasteiger partial charge in [-0.05, 0) is 44.6 Å². The van der Waals surface area contributed by atoms with Crippen molar-refractivity contribution < 1.29 is 14.3 Å². The maximum absolute atomic E-state index is 12.1. The normalized spacial score (nSPS) is 17.9. The van der Waals surface area contributed by atoms with E-state index in [4.69, 9.17) is 4.74 Å². The van der Waals surface area contributed by atoms with Crippen LogP contribution in [-0.4, -0.2) is 36.0 Å². The van der Waals surface area contributed by atoms with E-state index in [1.807, 2.05) is 45.0 Å². The number of hydrogen-bond donors (Lipinski definition) is 0. The molecule has 4 nitrogen and oxygen atoms in total. The van der Waals surface area contributed by atoms with Gasteiger partial charge in [-0.2, -0.15) is 0 Å². The van der Waals surface area contributed by atoms with Crippen molar-refractivity contribution in [3.8, 4) is 0 Å². The summed E-state index contributed by atoms with van der Waals surface area (Å²) in [5.41, 5.74) is 1.50. The van der Waals surface area contributed by atoms with E-state index >= 15 is 0 Å². The number of carbonyl (C=O) groups excluding carboxylic acids is 2. The molecule has 1 heterocycles. The van der Waals surface area contributed by atoms with E-state index in [1.165, 1.54) is 5.56 Å². The van der Waals surface area contributed by atoms with Gasteiger partial charge in [0.25, 0.3) is 0 Å². The monoisotopic (exact) mass is 303 g/mol. The van der Waals surface area contributed by atoms with Gasteiger partial charge >= 0.3 is 6.09 Å². The zero-order valence-electron chi connectivity index (χ0n) is 13.9. The molecule has 0 aromatic heterocycles. The smallest absolute Gasteiger partial charge is 0.410 e. The maximum Gasteiger partial charge on any atom is 0.410 e. The van der Waals surface area contributed by atoms with E-state index in [0.717, 1.165) is 19.1 Å². The highest BCUT2D eigenvalue weighted by Gasteiger charge is 2.34. The van der Waals surface area contributed by atoms with Gasteiger partial charge in [-0.15, -0.1) is 0 Å². The van der Waals surface area contributed by atoms with Crippen LogP contribution in [0.1, 0.15) is 56.5 Å². The lowest BCUT2D eigenvalue weighted by atomic mass is 9.74. The Morgan fingerprint density at radius 3 is 2.18 bits per heavy atom. The summed E-state index contributed by atoms with van der Waals surface area (Å²) < 4.78 is 5.43. The zero-order valence-corrected chi connectivity index (χ0v) is 13.9. The molecule has 0 unspecified atom stereocenters. The number of carbonyl (C=O) groups is 2. The Balaban J connectivity index is 2.00. The van der Waals surface area contributed by atoms with E-state index in [-0.39, 0.29) is 11.5 Å². The van der Waals surface area contributed by atoms with Crippen molar-refractivity contribution in [2.75, 3.05) is 13.1 Å². The lowest BCUT2D eigenvalue weighted by molar-refractivity contribution is 0.0172. The molecule has 4 heteroatoms. The first-order valence-corrected chi connectivity index (χ1v) is 7.77. The molecule has 1 aliphatic rings. The van der Waals surface area contributed by atoms with E-state index in [2.05, 4.69) is 6.92 Å². The molecule has 1 aromatic rings. The van der Waals surface area contributed by atoms with Gasteiger partial charge in [0.2, 0.25) is 0 Å². The van der Waals surface area contributed by atoms with Crippen LogP contribution in [0.4, 0.5) is 4.79 Å². The lowest BCUT2D eigenvalue weighted by Crippen LogP contribution is -2.45. The third-order valence-corrected chi connectivity index (χ3v) is 4.26. The second-order valence-electron chi connectivity index (χ2n) is 7.27. The fourth-order valence-electron chi connectivity index (χ4n) is 2.76. The van der Waals surface area contributed by atoms with E-state index in [1.54, 1.807) is 4.90 Å². The highest BCUT2D eigenvalue weighted by molar-refractivity contribution is 5.74. The Kier molecular flexibility index (Phi) is 4.59. The molecule has 0 radical (unpaired) electrons. The van der Waals surface area contributed by atoms with Crippen LogP contribution in [0.3, 0.4) is 0 Å². The minimum absolute atomic E-state index is 0.0416. The molecule has 0 spiro atoms. The SMILES string of the molecule is CC(C)(C)OC(=O)N1CCC(C)(c2ccc(C=O)cc2)CC1. The minimum atomic E-state index is -0.456. The largest absolute Gasteiger partial charge is 0.444 e. The number of amides is 1. The average molecular weight is 303 g/mol. The lowest BCUT2D eigenvalue weighted by Gasteiger charge is -2.40. The van der Waals surface area contributed by atoms with Gasteiger partial charge in [0, 0.05) is 18.7 Å². The maximum atomic E-state index is 12.1. The molecule has 1 aliphatic heterocycles. The van der Waals surface area contributed by atoms with Crippen LogP contribution in [0.2, 0.25) is 0 Å². The van der Waals surface area contributed by atoms with Crippen LogP contribution in [0, 0.1) is 0 Å². The topological polar surface area (TPSA) is 46.6 Å². The third kappa shape index (κ3) is 3.87. The van der Waals surface area contributed by atoms with Crippen molar-refractivity contribution in [3.63, 3.8) is 0 Å². The van der Waals surface area contributed by atoms with E-state index in [9.17, 15) is 9.59 Å². The van der Waals surface area contributed by atoms with Gasteiger partial charge < -0.3 is 9.64 Å². The number of likely N-dealkylation sites (tertiary alicyclic amines) is 1.